The molecule has 0 saturated heterocycles. The predicted molar refractivity (Wildman–Crippen MR) is 306 cm³/mol. The summed E-state index contributed by atoms with van der Waals surface area (Å²) in [6.45, 7) is 0. The zero-order chi connectivity index (χ0) is 46.8. The SMILES string of the molecule is c1cc(-c2ccc3oc4cc5c(cc4c3c2)oc2ccc(-n3c4ccccc4c4ccccc43)cc25)cc(-c2ccc3sc4cc5c(cc4c3c2)sc2ccc(-n3c4ccccc4c4ccccc43)cc25)c1. The van der Waals surface area contributed by atoms with Crippen LogP contribution in [0.2, 0.25) is 0 Å². The molecule has 0 unspecified atom stereocenters. The normalized spacial score (nSPS) is 12.4. The molecule has 6 aromatic heterocycles. The Morgan fingerprint density at radius 2 is 0.611 bits per heavy atom. The standard InChI is InChI=1S/C66H36N2O2S2/c1-5-16-55-43(12-1)44-13-2-6-17-56(44)67(55)41-22-25-60-48(31-41)50-34-61-49(33-62(50)70-60)47-29-39(20-24-59(47)69-61)37-10-9-11-38(28-37)40-21-26-63-51(30-40)53-35-66-54(36-65(53)71-63)52-32-42(23-27-64(52)72-66)68-57-18-7-3-14-45(57)46-15-4-8-19-58(46)68/h1-36H. The number of para-hydroxylation sites is 4. The minimum Gasteiger partial charge on any atom is -0.456 e. The molecule has 11 aromatic carbocycles. The lowest BCUT2D eigenvalue weighted by Gasteiger charge is -2.08. The van der Waals surface area contributed by atoms with Gasteiger partial charge >= 0.3 is 0 Å². The van der Waals surface area contributed by atoms with E-state index in [-0.39, 0.29) is 0 Å². The van der Waals surface area contributed by atoms with Crippen LogP contribution in [0.5, 0.6) is 0 Å². The van der Waals surface area contributed by atoms with E-state index in [9.17, 15) is 0 Å². The summed E-state index contributed by atoms with van der Waals surface area (Å²) in [7, 11) is 0. The van der Waals surface area contributed by atoms with Gasteiger partial charge in [0, 0.05) is 94.8 Å². The van der Waals surface area contributed by atoms with Crippen molar-refractivity contribution >= 4 is 151 Å². The third kappa shape index (κ3) is 5.45. The highest BCUT2D eigenvalue weighted by molar-refractivity contribution is 7.27. The number of benzene rings is 11. The topological polar surface area (TPSA) is 36.1 Å². The molecule has 0 bridgehead atoms. The molecule has 72 heavy (non-hydrogen) atoms. The minimum absolute atomic E-state index is 0.848. The number of hydrogen-bond acceptors (Lipinski definition) is 4. The first kappa shape index (κ1) is 38.9. The highest BCUT2D eigenvalue weighted by Gasteiger charge is 2.19. The molecule has 0 saturated carbocycles. The van der Waals surface area contributed by atoms with Crippen molar-refractivity contribution in [1.82, 2.24) is 9.13 Å². The highest BCUT2D eigenvalue weighted by atomic mass is 32.1. The summed E-state index contributed by atoms with van der Waals surface area (Å²) in [6, 6.07) is 79.9. The fraction of sp³-hybridized carbons (Fsp3) is 0. The van der Waals surface area contributed by atoms with E-state index in [1.807, 2.05) is 22.7 Å². The molecule has 17 aromatic rings. The molecule has 0 fully saturated rings. The van der Waals surface area contributed by atoms with E-state index in [1.54, 1.807) is 0 Å². The number of fused-ring (bicyclic) bond motifs is 18. The molecule has 6 heteroatoms. The van der Waals surface area contributed by atoms with E-state index < -0.39 is 0 Å². The second-order valence-electron chi connectivity index (χ2n) is 19.2. The van der Waals surface area contributed by atoms with Gasteiger partial charge in [-0.15, -0.1) is 22.7 Å². The summed E-state index contributed by atoms with van der Waals surface area (Å²) in [5.74, 6) is 0. The highest BCUT2D eigenvalue weighted by Crippen LogP contribution is 2.45. The second-order valence-corrected chi connectivity index (χ2v) is 21.4. The van der Waals surface area contributed by atoms with E-state index in [2.05, 4.69) is 228 Å². The van der Waals surface area contributed by atoms with Gasteiger partial charge in [0.25, 0.3) is 0 Å². The van der Waals surface area contributed by atoms with Crippen LogP contribution in [0.1, 0.15) is 0 Å². The number of rotatable bonds is 4. The van der Waals surface area contributed by atoms with Gasteiger partial charge in [-0.05, 0) is 138 Å². The van der Waals surface area contributed by atoms with Crippen LogP contribution in [-0.4, -0.2) is 9.13 Å². The molecule has 0 N–H and O–H groups in total. The van der Waals surface area contributed by atoms with Gasteiger partial charge in [0.15, 0.2) is 0 Å². The van der Waals surface area contributed by atoms with Crippen molar-refractivity contribution in [3.05, 3.63) is 218 Å². The molecule has 17 rings (SSSR count). The average molecular weight is 953 g/mol. The van der Waals surface area contributed by atoms with Crippen LogP contribution < -0.4 is 0 Å². The van der Waals surface area contributed by atoms with Crippen LogP contribution in [0.15, 0.2) is 227 Å². The Labute approximate surface area is 418 Å². The zero-order valence-corrected chi connectivity index (χ0v) is 39.9. The summed E-state index contributed by atoms with van der Waals surface area (Å²) < 4.78 is 23.2. The molecule has 0 aliphatic rings. The Kier molecular flexibility index (Phi) is 7.73. The lowest BCUT2D eigenvalue weighted by molar-refractivity contribution is 0.664. The smallest absolute Gasteiger partial charge is 0.136 e. The van der Waals surface area contributed by atoms with Crippen molar-refractivity contribution in [2.75, 3.05) is 0 Å². The average Bonchev–Trinajstić information content (AvgIpc) is 4.28. The summed E-state index contributed by atoms with van der Waals surface area (Å²) in [5.41, 5.74) is 15.2. The zero-order valence-electron chi connectivity index (χ0n) is 38.3. The fourth-order valence-corrected chi connectivity index (χ4v) is 14.2. The Hall–Kier alpha value is -8.94. The van der Waals surface area contributed by atoms with Crippen molar-refractivity contribution in [2.24, 2.45) is 0 Å². The molecular weight excluding hydrogens is 917 g/mol. The number of hydrogen-bond donors (Lipinski definition) is 0. The van der Waals surface area contributed by atoms with Crippen molar-refractivity contribution in [1.29, 1.82) is 0 Å². The van der Waals surface area contributed by atoms with Crippen LogP contribution in [0.4, 0.5) is 0 Å². The van der Waals surface area contributed by atoms with Crippen LogP contribution in [0.25, 0.3) is 161 Å². The number of furan rings is 2. The third-order valence-corrected chi connectivity index (χ3v) is 17.6. The Balaban J connectivity index is 0.728. The van der Waals surface area contributed by atoms with Crippen LogP contribution in [0.3, 0.4) is 0 Å². The first-order valence-electron chi connectivity index (χ1n) is 24.4. The number of nitrogens with zero attached hydrogens (tertiary/aromatic N) is 2. The van der Waals surface area contributed by atoms with Crippen molar-refractivity contribution in [2.45, 2.75) is 0 Å². The van der Waals surface area contributed by atoms with Crippen LogP contribution >= 0.6 is 22.7 Å². The van der Waals surface area contributed by atoms with Crippen molar-refractivity contribution in [3.8, 4) is 33.6 Å². The van der Waals surface area contributed by atoms with Crippen molar-refractivity contribution < 1.29 is 8.83 Å². The largest absolute Gasteiger partial charge is 0.456 e. The third-order valence-electron chi connectivity index (χ3n) is 15.3. The Morgan fingerprint density at radius 3 is 1.15 bits per heavy atom. The first-order valence-corrected chi connectivity index (χ1v) is 26.0. The van der Waals surface area contributed by atoms with Gasteiger partial charge in [-0.1, -0.05) is 103 Å². The molecule has 0 atom stereocenters. The molecular formula is C66H36N2O2S2. The summed E-state index contributed by atoms with van der Waals surface area (Å²) >= 11 is 3.77. The van der Waals surface area contributed by atoms with Crippen molar-refractivity contribution in [3.63, 3.8) is 0 Å². The summed E-state index contributed by atoms with van der Waals surface area (Å²) in [4.78, 5) is 0. The van der Waals surface area contributed by atoms with Crippen LogP contribution in [0, 0.1) is 0 Å². The van der Waals surface area contributed by atoms with Gasteiger partial charge in [-0.3, -0.25) is 0 Å². The molecule has 0 amide bonds. The van der Waals surface area contributed by atoms with Gasteiger partial charge in [0.05, 0.1) is 22.1 Å². The quantitative estimate of drug-likeness (QED) is 0.176. The number of thiophene rings is 2. The van der Waals surface area contributed by atoms with Gasteiger partial charge in [0.2, 0.25) is 0 Å². The van der Waals surface area contributed by atoms with Gasteiger partial charge < -0.3 is 18.0 Å². The first-order chi connectivity index (χ1) is 35.6. The lowest BCUT2D eigenvalue weighted by atomic mass is 9.97. The molecule has 6 heterocycles. The maximum Gasteiger partial charge on any atom is 0.136 e. The van der Waals surface area contributed by atoms with Gasteiger partial charge in [-0.25, -0.2) is 0 Å². The lowest BCUT2D eigenvalue weighted by Crippen LogP contribution is -1.93. The molecule has 334 valence electrons. The number of aromatic nitrogens is 2. The van der Waals surface area contributed by atoms with Crippen LogP contribution in [-0.2, 0) is 0 Å². The summed E-state index contributed by atoms with van der Waals surface area (Å²) in [5, 5.41) is 14.5. The maximum absolute atomic E-state index is 6.60. The van der Waals surface area contributed by atoms with Gasteiger partial charge in [0.1, 0.15) is 22.3 Å². The van der Waals surface area contributed by atoms with Gasteiger partial charge in [-0.2, -0.15) is 0 Å². The molecule has 0 aliphatic heterocycles. The predicted octanol–water partition coefficient (Wildman–Crippen LogP) is 19.7. The van der Waals surface area contributed by atoms with E-state index >= 15 is 0 Å². The van der Waals surface area contributed by atoms with E-state index in [4.69, 9.17) is 8.83 Å². The summed E-state index contributed by atoms with van der Waals surface area (Å²) in [6.07, 6.45) is 0. The second kappa shape index (κ2) is 14.3. The molecule has 0 radical (unpaired) electrons. The minimum atomic E-state index is 0.848. The van der Waals surface area contributed by atoms with E-state index in [0.717, 1.165) is 60.7 Å². The Morgan fingerprint density at radius 1 is 0.236 bits per heavy atom. The maximum atomic E-state index is 6.60. The van der Waals surface area contributed by atoms with E-state index in [1.165, 1.54) is 101 Å². The molecule has 0 aliphatic carbocycles. The molecule has 4 nitrogen and oxygen atoms in total. The molecule has 0 spiro atoms. The Bertz CT molecular complexity index is 4760. The van der Waals surface area contributed by atoms with E-state index in [0.29, 0.717) is 0 Å². The fourth-order valence-electron chi connectivity index (χ4n) is 12.0. The monoisotopic (exact) mass is 952 g/mol.